The summed E-state index contributed by atoms with van der Waals surface area (Å²) in [6, 6.07) is 7.90. The van der Waals surface area contributed by atoms with Crippen molar-refractivity contribution in [2.75, 3.05) is 18.1 Å². The fourth-order valence-corrected chi connectivity index (χ4v) is 6.62. The minimum atomic E-state index is -3.16. The predicted molar refractivity (Wildman–Crippen MR) is 110 cm³/mol. The zero-order valence-electron chi connectivity index (χ0n) is 17.0. The highest BCUT2D eigenvalue weighted by atomic mass is 32.2. The van der Waals surface area contributed by atoms with Crippen LogP contribution >= 0.6 is 0 Å². The SMILES string of the molecule is C[C@@]1(c2ccccc2)NC(=O)N(CC(=O)N(C2CCCC2)[C@H]2CCS(=O)(=O)C2)C1=O. The molecule has 1 aromatic rings. The number of nitrogens with zero attached hydrogens (tertiary/aromatic N) is 2. The normalized spacial score (nSPS) is 28.7. The standard InChI is InChI=1S/C21H27N3O5S/c1-21(15-7-3-2-4-8-15)19(26)23(20(27)22-21)13-18(25)24(16-9-5-6-10-16)17-11-12-30(28,29)14-17/h2-4,7-8,16-17H,5-6,9-14H2,1H3,(H,22,27)/t17-,21-/m0/s1. The van der Waals surface area contributed by atoms with Crippen LogP contribution in [0.3, 0.4) is 0 Å². The molecule has 1 saturated carbocycles. The molecule has 4 rings (SSSR count). The molecule has 1 aliphatic carbocycles. The molecule has 1 aromatic carbocycles. The van der Waals surface area contributed by atoms with E-state index in [1.54, 1.807) is 36.1 Å². The minimum Gasteiger partial charge on any atom is -0.334 e. The third-order valence-corrected chi connectivity index (χ3v) is 8.28. The van der Waals surface area contributed by atoms with Gasteiger partial charge in [0.2, 0.25) is 5.91 Å². The van der Waals surface area contributed by atoms with Crippen LogP contribution in [0, 0.1) is 0 Å². The summed E-state index contributed by atoms with van der Waals surface area (Å²) in [7, 11) is -3.16. The van der Waals surface area contributed by atoms with Gasteiger partial charge < -0.3 is 10.2 Å². The number of hydrogen-bond donors (Lipinski definition) is 1. The average molecular weight is 434 g/mol. The first-order chi connectivity index (χ1) is 14.2. The van der Waals surface area contributed by atoms with Crippen LogP contribution in [0.1, 0.15) is 44.6 Å². The summed E-state index contributed by atoms with van der Waals surface area (Å²) in [6.07, 6.45) is 4.03. The summed E-state index contributed by atoms with van der Waals surface area (Å²) >= 11 is 0. The number of imide groups is 1. The summed E-state index contributed by atoms with van der Waals surface area (Å²) in [4.78, 5) is 41.6. The molecule has 4 amide bonds. The van der Waals surface area contributed by atoms with Crippen LogP contribution in [0.25, 0.3) is 0 Å². The molecule has 0 bridgehead atoms. The first-order valence-corrected chi connectivity index (χ1v) is 12.2. The van der Waals surface area contributed by atoms with E-state index >= 15 is 0 Å². The number of benzene rings is 1. The van der Waals surface area contributed by atoms with Gasteiger partial charge in [0.15, 0.2) is 9.84 Å². The van der Waals surface area contributed by atoms with E-state index < -0.39 is 27.3 Å². The van der Waals surface area contributed by atoms with Gasteiger partial charge in [-0.3, -0.25) is 14.5 Å². The van der Waals surface area contributed by atoms with Crippen LogP contribution in [-0.2, 0) is 25.0 Å². The van der Waals surface area contributed by atoms with E-state index in [2.05, 4.69) is 5.32 Å². The van der Waals surface area contributed by atoms with Crippen molar-refractivity contribution in [1.29, 1.82) is 0 Å². The molecule has 0 spiro atoms. The fraction of sp³-hybridized carbons (Fsp3) is 0.571. The van der Waals surface area contributed by atoms with Gasteiger partial charge in [0.25, 0.3) is 5.91 Å². The molecule has 2 atom stereocenters. The van der Waals surface area contributed by atoms with Crippen LogP contribution in [0.4, 0.5) is 4.79 Å². The zero-order chi connectivity index (χ0) is 21.5. The third kappa shape index (κ3) is 3.71. The van der Waals surface area contributed by atoms with Crippen LogP contribution in [-0.4, -0.2) is 66.2 Å². The van der Waals surface area contributed by atoms with Gasteiger partial charge >= 0.3 is 6.03 Å². The molecular formula is C21H27N3O5S. The summed E-state index contributed by atoms with van der Waals surface area (Å²) in [5.41, 5.74) is -0.583. The van der Waals surface area contributed by atoms with Crippen LogP contribution in [0.5, 0.6) is 0 Å². The van der Waals surface area contributed by atoms with Crippen molar-refractivity contribution < 1.29 is 22.8 Å². The Balaban J connectivity index is 1.55. The topological polar surface area (TPSA) is 104 Å². The Labute approximate surface area is 176 Å². The van der Waals surface area contributed by atoms with E-state index in [1.807, 2.05) is 6.07 Å². The Hall–Kier alpha value is -2.42. The monoisotopic (exact) mass is 433 g/mol. The second kappa shape index (κ2) is 7.68. The maximum atomic E-state index is 13.3. The number of urea groups is 1. The molecule has 3 fully saturated rings. The van der Waals surface area contributed by atoms with E-state index in [0.29, 0.717) is 12.0 Å². The molecule has 162 valence electrons. The number of carbonyl (C=O) groups excluding carboxylic acids is 3. The number of rotatable bonds is 5. The summed E-state index contributed by atoms with van der Waals surface area (Å²) in [6.45, 7) is 1.26. The molecule has 1 N–H and O–H groups in total. The highest BCUT2D eigenvalue weighted by Gasteiger charge is 2.50. The Morgan fingerprint density at radius 1 is 1.13 bits per heavy atom. The lowest BCUT2D eigenvalue weighted by Gasteiger charge is -2.35. The second-order valence-electron chi connectivity index (χ2n) is 8.61. The van der Waals surface area contributed by atoms with Gasteiger partial charge in [-0.15, -0.1) is 0 Å². The third-order valence-electron chi connectivity index (χ3n) is 6.53. The Bertz CT molecular complexity index is 958. The van der Waals surface area contributed by atoms with Gasteiger partial charge in [0.1, 0.15) is 12.1 Å². The number of carbonyl (C=O) groups is 3. The van der Waals surface area contributed by atoms with E-state index in [9.17, 15) is 22.8 Å². The maximum Gasteiger partial charge on any atom is 0.325 e. The van der Waals surface area contributed by atoms with E-state index in [0.717, 1.165) is 30.6 Å². The first-order valence-electron chi connectivity index (χ1n) is 10.4. The highest BCUT2D eigenvalue weighted by molar-refractivity contribution is 7.91. The average Bonchev–Trinajstić information content (AvgIpc) is 3.40. The first kappa shape index (κ1) is 20.8. The van der Waals surface area contributed by atoms with Crippen molar-refractivity contribution in [3.05, 3.63) is 35.9 Å². The van der Waals surface area contributed by atoms with Crippen molar-refractivity contribution in [1.82, 2.24) is 15.1 Å². The van der Waals surface area contributed by atoms with Gasteiger partial charge in [0.05, 0.1) is 11.5 Å². The van der Waals surface area contributed by atoms with Crippen molar-refractivity contribution in [2.24, 2.45) is 0 Å². The quantitative estimate of drug-likeness (QED) is 0.707. The molecule has 30 heavy (non-hydrogen) atoms. The Morgan fingerprint density at radius 3 is 2.40 bits per heavy atom. The lowest BCUT2D eigenvalue weighted by molar-refractivity contribution is -0.141. The number of amides is 4. The van der Waals surface area contributed by atoms with Gasteiger partial charge in [-0.1, -0.05) is 43.2 Å². The van der Waals surface area contributed by atoms with Gasteiger partial charge in [-0.05, 0) is 31.7 Å². The number of sulfone groups is 1. The van der Waals surface area contributed by atoms with Crippen molar-refractivity contribution in [2.45, 2.75) is 56.7 Å². The zero-order valence-corrected chi connectivity index (χ0v) is 17.9. The molecule has 0 radical (unpaired) electrons. The molecule has 8 nitrogen and oxygen atoms in total. The Morgan fingerprint density at radius 2 is 1.80 bits per heavy atom. The second-order valence-corrected chi connectivity index (χ2v) is 10.8. The molecular weight excluding hydrogens is 406 g/mol. The van der Waals surface area contributed by atoms with E-state index in [1.165, 1.54) is 0 Å². The van der Waals surface area contributed by atoms with Gasteiger partial charge in [-0.2, -0.15) is 0 Å². The lowest BCUT2D eigenvalue weighted by Crippen LogP contribution is -2.51. The van der Waals surface area contributed by atoms with E-state index in [-0.39, 0.29) is 36.0 Å². The molecule has 0 aromatic heterocycles. The van der Waals surface area contributed by atoms with E-state index in [4.69, 9.17) is 0 Å². The minimum absolute atomic E-state index is 0.0305. The summed E-state index contributed by atoms with van der Waals surface area (Å²) < 4.78 is 24.0. The molecule has 3 aliphatic rings. The van der Waals surface area contributed by atoms with Gasteiger partial charge in [-0.25, -0.2) is 13.2 Å². The lowest BCUT2D eigenvalue weighted by atomic mass is 9.92. The van der Waals surface area contributed by atoms with Crippen LogP contribution < -0.4 is 5.32 Å². The molecule has 2 heterocycles. The predicted octanol–water partition coefficient (Wildman–Crippen LogP) is 1.41. The number of hydrogen-bond acceptors (Lipinski definition) is 5. The Kier molecular flexibility index (Phi) is 5.34. The van der Waals surface area contributed by atoms with Crippen molar-refractivity contribution in [3.8, 4) is 0 Å². The van der Waals surface area contributed by atoms with Crippen LogP contribution in [0.2, 0.25) is 0 Å². The molecule has 9 heteroatoms. The largest absolute Gasteiger partial charge is 0.334 e. The molecule has 2 aliphatic heterocycles. The number of nitrogens with one attached hydrogen (secondary N) is 1. The van der Waals surface area contributed by atoms with Crippen molar-refractivity contribution in [3.63, 3.8) is 0 Å². The summed E-state index contributed by atoms with van der Waals surface area (Å²) in [5, 5.41) is 2.71. The summed E-state index contributed by atoms with van der Waals surface area (Å²) in [5.74, 6) is -0.803. The molecule has 0 unspecified atom stereocenters. The highest BCUT2D eigenvalue weighted by Crippen LogP contribution is 2.31. The smallest absolute Gasteiger partial charge is 0.325 e. The maximum absolute atomic E-state index is 13.3. The molecule has 2 saturated heterocycles. The van der Waals surface area contributed by atoms with Crippen LogP contribution in [0.15, 0.2) is 30.3 Å². The fourth-order valence-electron chi connectivity index (χ4n) is 4.91. The van der Waals surface area contributed by atoms with Crippen molar-refractivity contribution >= 4 is 27.7 Å². The van der Waals surface area contributed by atoms with Gasteiger partial charge in [0, 0.05) is 12.1 Å².